The van der Waals surface area contributed by atoms with Gasteiger partial charge >= 0.3 is 0 Å². The van der Waals surface area contributed by atoms with E-state index in [4.69, 9.17) is 17.0 Å². The average molecular weight is 243 g/mol. The quantitative estimate of drug-likeness (QED) is 0.328. The van der Waals surface area contributed by atoms with Gasteiger partial charge in [0.1, 0.15) is 10.1 Å². The fraction of sp³-hybridized carbons (Fsp3) is 0.400. The van der Waals surface area contributed by atoms with Crippen molar-refractivity contribution in [3.8, 4) is 0 Å². The molecule has 3 nitrogen and oxygen atoms in total. The minimum absolute atomic E-state index is 0.126. The highest BCUT2D eigenvalue weighted by Gasteiger charge is 2.27. The molecule has 0 aromatic heterocycles. The Labute approximate surface area is 99.2 Å². The van der Waals surface area contributed by atoms with E-state index in [1.165, 1.54) is 18.9 Å². The number of amides is 1. The summed E-state index contributed by atoms with van der Waals surface area (Å²) >= 11 is 6.60. The molecule has 0 aromatic carbocycles. The Bertz CT molecular complexity index is 336. The lowest BCUT2D eigenvalue weighted by Gasteiger charge is -2.17. The number of hydrogen-bond donors (Lipinski definition) is 0. The Kier molecular flexibility index (Phi) is 4.35. The van der Waals surface area contributed by atoms with E-state index in [9.17, 15) is 4.79 Å². The lowest BCUT2D eigenvalue weighted by Crippen LogP contribution is -2.32. The van der Waals surface area contributed by atoms with Crippen molar-refractivity contribution < 1.29 is 9.53 Å². The first-order valence-electron chi connectivity index (χ1n) is 4.50. The SMILES string of the molecule is C=C(OC)/C(=C\C)C(=O)N1CCSC1=S. The fourth-order valence-electron chi connectivity index (χ4n) is 1.24. The van der Waals surface area contributed by atoms with Crippen LogP contribution < -0.4 is 0 Å². The number of allylic oxidation sites excluding steroid dienone is 1. The van der Waals surface area contributed by atoms with Crippen molar-refractivity contribution in [1.29, 1.82) is 0 Å². The van der Waals surface area contributed by atoms with Gasteiger partial charge in [0.05, 0.1) is 12.7 Å². The monoisotopic (exact) mass is 243 g/mol. The summed E-state index contributed by atoms with van der Waals surface area (Å²) in [6, 6.07) is 0. The Hall–Kier alpha value is -0.810. The van der Waals surface area contributed by atoms with Crippen LogP contribution in [0, 0.1) is 0 Å². The van der Waals surface area contributed by atoms with Crippen molar-refractivity contribution in [1.82, 2.24) is 4.90 Å². The van der Waals surface area contributed by atoms with Gasteiger partial charge in [0.25, 0.3) is 5.91 Å². The van der Waals surface area contributed by atoms with E-state index in [2.05, 4.69) is 6.58 Å². The maximum atomic E-state index is 12.0. The van der Waals surface area contributed by atoms with Crippen LogP contribution in [-0.4, -0.2) is 34.5 Å². The second-order valence-electron chi connectivity index (χ2n) is 2.90. The second kappa shape index (κ2) is 5.32. The molecular formula is C10H13NO2S2. The summed E-state index contributed by atoms with van der Waals surface area (Å²) < 4.78 is 5.59. The zero-order chi connectivity index (χ0) is 11.4. The normalized spacial score (nSPS) is 16.8. The highest BCUT2D eigenvalue weighted by molar-refractivity contribution is 8.23. The fourth-order valence-corrected chi connectivity index (χ4v) is 2.44. The summed E-state index contributed by atoms with van der Waals surface area (Å²) in [5, 5.41) is 0. The highest BCUT2D eigenvalue weighted by atomic mass is 32.2. The standard InChI is InChI=1S/C10H13NO2S2/c1-4-8(7(2)13-3)9(12)11-5-6-15-10(11)14/h4H,2,5-6H2,1,3H3/b8-4+. The van der Waals surface area contributed by atoms with E-state index >= 15 is 0 Å². The van der Waals surface area contributed by atoms with Gasteiger partial charge in [-0.25, -0.2) is 0 Å². The summed E-state index contributed by atoms with van der Waals surface area (Å²) in [7, 11) is 1.50. The van der Waals surface area contributed by atoms with Crippen molar-refractivity contribution in [2.45, 2.75) is 6.92 Å². The first-order valence-corrected chi connectivity index (χ1v) is 5.89. The van der Waals surface area contributed by atoms with Crippen LogP contribution in [0.1, 0.15) is 6.92 Å². The molecule has 1 rings (SSSR count). The van der Waals surface area contributed by atoms with Gasteiger partial charge in [0.15, 0.2) is 0 Å². The Balaban J connectivity index is 2.83. The van der Waals surface area contributed by atoms with Crippen LogP contribution in [0.15, 0.2) is 24.0 Å². The summed E-state index contributed by atoms with van der Waals surface area (Å²) in [6.07, 6.45) is 1.69. The molecule has 5 heteroatoms. The molecule has 0 bridgehead atoms. The Morgan fingerprint density at radius 1 is 1.73 bits per heavy atom. The topological polar surface area (TPSA) is 29.5 Å². The number of thioether (sulfide) groups is 1. The largest absolute Gasteiger partial charge is 0.497 e. The molecule has 0 atom stereocenters. The molecule has 1 fully saturated rings. The summed E-state index contributed by atoms with van der Waals surface area (Å²) in [6.45, 7) is 6.12. The van der Waals surface area contributed by atoms with Crippen LogP contribution in [0.4, 0.5) is 0 Å². The van der Waals surface area contributed by atoms with Crippen LogP contribution in [0.2, 0.25) is 0 Å². The first-order chi connectivity index (χ1) is 7.11. The average Bonchev–Trinajstić information content (AvgIpc) is 2.65. The third-order valence-corrected chi connectivity index (χ3v) is 3.50. The molecule has 0 aliphatic carbocycles. The number of rotatable bonds is 3. The molecule has 0 spiro atoms. The minimum atomic E-state index is -0.126. The Morgan fingerprint density at radius 2 is 2.40 bits per heavy atom. The number of methoxy groups -OCH3 is 1. The molecule has 15 heavy (non-hydrogen) atoms. The molecule has 1 heterocycles. The van der Waals surface area contributed by atoms with Gasteiger partial charge < -0.3 is 4.74 Å². The molecule has 0 radical (unpaired) electrons. The summed E-state index contributed by atoms with van der Waals surface area (Å²) in [5.74, 6) is 1.11. The van der Waals surface area contributed by atoms with E-state index in [1.54, 1.807) is 17.9 Å². The molecular weight excluding hydrogens is 230 g/mol. The van der Waals surface area contributed by atoms with E-state index in [-0.39, 0.29) is 5.91 Å². The lowest BCUT2D eigenvalue weighted by atomic mass is 10.2. The van der Waals surface area contributed by atoms with Crippen LogP contribution in [0.3, 0.4) is 0 Å². The number of hydrogen-bond acceptors (Lipinski definition) is 4. The van der Waals surface area contributed by atoms with E-state index in [1.807, 2.05) is 0 Å². The molecule has 1 aliphatic heterocycles. The summed E-state index contributed by atoms with van der Waals surface area (Å²) in [4.78, 5) is 13.6. The van der Waals surface area contributed by atoms with Gasteiger partial charge in [-0.05, 0) is 6.92 Å². The molecule has 1 aliphatic rings. The second-order valence-corrected chi connectivity index (χ2v) is 4.63. The van der Waals surface area contributed by atoms with Crippen LogP contribution >= 0.6 is 24.0 Å². The molecule has 0 aromatic rings. The summed E-state index contributed by atoms with van der Waals surface area (Å²) in [5.41, 5.74) is 0.474. The van der Waals surface area contributed by atoms with Crippen LogP contribution in [0.25, 0.3) is 0 Å². The number of thiocarbonyl (C=S) groups is 1. The van der Waals surface area contributed by atoms with E-state index in [0.29, 0.717) is 22.2 Å². The van der Waals surface area contributed by atoms with Crippen LogP contribution in [0.5, 0.6) is 0 Å². The molecule has 1 amide bonds. The predicted molar refractivity (Wildman–Crippen MR) is 66.7 cm³/mol. The van der Waals surface area contributed by atoms with Crippen molar-refractivity contribution in [3.63, 3.8) is 0 Å². The minimum Gasteiger partial charge on any atom is -0.497 e. The third-order valence-electron chi connectivity index (χ3n) is 2.07. The van der Waals surface area contributed by atoms with Crippen LogP contribution in [-0.2, 0) is 9.53 Å². The highest BCUT2D eigenvalue weighted by Crippen LogP contribution is 2.22. The van der Waals surface area contributed by atoms with Gasteiger partial charge in [-0.3, -0.25) is 9.69 Å². The lowest BCUT2D eigenvalue weighted by molar-refractivity contribution is -0.123. The Morgan fingerprint density at radius 3 is 2.80 bits per heavy atom. The van der Waals surface area contributed by atoms with Gasteiger partial charge in [-0.15, -0.1) is 0 Å². The zero-order valence-electron chi connectivity index (χ0n) is 8.78. The van der Waals surface area contributed by atoms with Gasteiger partial charge in [0.2, 0.25) is 0 Å². The van der Waals surface area contributed by atoms with Crippen molar-refractivity contribution >= 4 is 34.2 Å². The van der Waals surface area contributed by atoms with Gasteiger partial charge in [0, 0.05) is 12.3 Å². The van der Waals surface area contributed by atoms with Crippen molar-refractivity contribution in [2.24, 2.45) is 0 Å². The molecule has 82 valence electrons. The number of carbonyl (C=O) groups is 1. The zero-order valence-corrected chi connectivity index (χ0v) is 10.4. The molecule has 0 saturated carbocycles. The predicted octanol–water partition coefficient (Wildman–Crippen LogP) is 1.95. The maximum Gasteiger partial charge on any atom is 0.262 e. The van der Waals surface area contributed by atoms with E-state index in [0.717, 1.165) is 5.75 Å². The number of carbonyl (C=O) groups excluding carboxylic acids is 1. The molecule has 0 unspecified atom stereocenters. The molecule has 1 saturated heterocycles. The van der Waals surface area contributed by atoms with Gasteiger partial charge in [-0.2, -0.15) is 0 Å². The molecule has 0 N–H and O–H groups in total. The smallest absolute Gasteiger partial charge is 0.262 e. The van der Waals surface area contributed by atoms with Crippen molar-refractivity contribution in [3.05, 3.63) is 24.0 Å². The number of ether oxygens (including phenoxy) is 1. The maximum absolute atomic E-state index is 12.0. The first kappa shape index (κ1) is 12.3. The van der Waals surface area contributed by atoms with Gasteiger partial charge in [-0.1, -0.05) is 36.6 Å². The van der Waals surface area contributed by atoms with E-state index < -0.39 is 0 Å². The third kappa shape index (κ3) is 2.60. The number of nitrogens with zero attached hydrogens (tertiary/aromatic N) is 1. The van der Waals surface area contributed by atoms with Crippen molar-refractivity contribution in [2.75, 3.05) is 19.4 Å².